The first-order chi connectivity index (χ1) is 19.8. The number of nitrogens with two attached hydrogens (primary N) is 1. The van der Waals surface area contributed by atoms with Gasteiger partial charge in [-0.05, 0) is 85.9 Å². The lowest BCUT2D eigenvalue weighted by Crippen LogP contribution is -2.47. The van der Waals surface area contributed by atoms with E-state index in [4.69, 9.17) is 10.5 Å². The molecule has 0 aliphatic carbocycles. The normalized spacial score (nSPS) is 17.9. The van der Waals surface area contributed by atoms with Gasteiger partial charge in [0.05, 0.1) is 25.3 Å². The maximum atomic E-state index is 14.0. The summed E-state index contributed by atoms with van der Waals surface area (Å²) in [4.78, 5) is 18.5. The van der Waals surface area contributed by atoms with Crippen molar-refractivity contribution in [2.24, 2.45) is 5.73 Å². The summed E-state index contributed by atoms with van der Waals surface area (Å²) >= 11 is 0. The lowest BCUT2D eigenvalue weighted by atomic mass is 9.88. The molecule has 218 valence electrons. The van der Waals surface area contributed by atoms with Gasteiger partial charge in [0.25, 0.3) is 0 Å². The number of carbonyl (C=O) groups is 1. The molecule has 1 amide bonds. The number of morpholine rings is 1. The monoisotopic (exact) mass is 554 g/mol. The fourth-order valence-electron chi connectivity index (χ4n) is 6.73. The quantitative estimate of drug-likeness (QED) is 0.375. The lowest BCUT2D eigenvalue weighted by Gasteiger charge is -2.39. The zero-order valence-electron chi connectivity index (χ0n) is 25.2. The summed E-state index contributed by atoms with van der Waals surface area (Å²) in [6.07, 6.45) is 2.29. The van der Waals surface area contributed by atoms with Gasteiger partial charge in [-0.15, -0.1) is 0 Å². The number of ether oxygens (including phenoxy) is 1. The van der Waals surface area contributed by atoms with Gasteiger partial charge in [-0.2, -0.15) is 0 Å². The number of hydrogen-bond acceptors (Lipinski definition) is 5. The highest BCUT2D eigenvalue weighted by Crippen LogP contribution is 2.39. The highest BCUT2D eigenvalue weighted by atomic mass is 16.5. The van der Waals surface area contributed by atoms with Gasteiger partial charge in [0.15, 0.2) is 0 Å². The second-order valence-electron chi connectivity index (χ2n) is 11.8. The maximum Gasteiger partial charge on any atom is 0.240 e. The number of aryl methyl sites for hydroxylation is 3. The predicted molar refractivity (Wildman–Crippen MR) is 167 cm³/mol. The summed E-state index contributed by atoms with van der Waals surface area (Å²) in [5, 5.41) is 3.72. The molecule has 41 heavy (non-hydrogen) atoms. The zero-order chi connectivity index (χ0) is 28.9. The van der Waals surface area contributed by atoms with E-state index in [1.54, 1.807) is 0 Å². The molecule has 2 heterocycles. The van der Waals surface area contributed by atoms with Gasteiger partial charge >= 0.3 is 0 Å². The summed E-state index contributed by atoms with van der Waals surface area (Å²) in [5.74, 6) is 0.0351. The van der Waals surface area contributed by atoms with Crippen LogP contribution in [0, 0.1) is 20.8 Å². The first kappa shape index (κ1) is 29.3. The third-order valence-corrected chi connectivity index (χ3v) is 8.72. The average molecular weight is 555 g/mol. The van der Waals surface area contributed by atoms with E-state index >= 15 is 0 Å². The predicted octanol–water partition coefficient (Wildman–Crippen LogP) is 5.31. The number of fused-ring (bicyclic) bond motifs is 1. The molecule has 3 N–H and O–H groups in total. The molecule has 3 aromatic carbocycles. The Balaban J connectivity index is 1.46. The Hall–Kier alpha value is -3.19. The second-order valence-corrected chi connectivity index (χ2v) is 11.8. The number of rotatable bonds is 9. The van der Waals surface area contributed by atoms with E-state index in [9.17, 15) is 4.79 Å². The average Bonchev–Trinajstić information content (AvgIpc) is 2.96. The van der Waals surface area contributed by atoms with Gasteiger partial charge in [0.2, 0.25) is 5.91 Å². The standard InChI is InChI=1S/C35H46N4O2/c1-5-39(35(40)32(36)22-30-25(3)17-24(2)18-26(30)4)33-11-12-37-34-29(23-38-13-15-41-16-14-38)20-28(21-31(33)34)19-27-9-7-6-8-10-27/h6-10,17-18,20-21,32-33,37H,5,11-16,19,22-23,36H2,1-4H3. The number of hydrogen-bond donors (Lipinski definition) is 2. The number of carbonyl (C=O) groups excluding carboxylic acids is 1. The summed E-state index contributed by atoms with van der Waals surface area (Å²) in [6, 6.07) is 19.1. The van der Waals surface area contributed by atoms with E-state index in [0.29, 0.717) is 13.0 Å². The summed E-state index contributed by atoms with van der Waals surface area (Å²) in [6.45, 7) is 14.2. The molecule has 0 spiro atoms. The van der Waals surface area contributed by atoms with Crippen LogP contribution in [0.3, 0.4) is 0 Å². The van der Waals surface area contributed by atoms with E-state index in [1.807, 2.05) is 4.90 Å². The number of anilines is 1. The van der Waals surface area contributed by atoms with Crippen LogP contribution >= 0.6 is 0 Å². The van der Waals surface area contributed by atoms with Crippen LogP contribution in [0.4, 0.5) is 5.69 Å². The van der Waals surface area contributed by atoms with Gasteiger partial charge in [-0.3, -0.25) is 9.69 Å². The lowest BCUT2D eigenvalue weighted by molar-refractivity contribution is -0.135. The number of nitrogens with one attached hydrogen (secondary N) is 1. The van der Waals surface area contributed by atoms with Crippen LogP contribution in [-0.4, -0.2) is 61.1 Å². The van der Waals surface area contributed by atoms with Crippen LogP contribution in [0.5, 0.6) is 0 Å². The van der Waals surface area contributed by atoms with Crippen LogP contribution in [0.1, 0.15) is 63.9 Å². The van der Waals surface area contributed by atoms with Crippen molar-refractivity contribution in [3.05, 3.63) is 99.1 Å². The van der Waals surface area contributed by atoms with Crippen molar-refractivity contribution in [3.63, 3.8) is 0 Å². The molecule has 1 saturated heterocycles. The largest absolute Gasteiger partial charge is 0.384 e. The van der Waals surface area contributed by atoms with Crippen molar-refractivity contribution in [2.45, 2.75) is 65.6 Å². The van der Waals surface area contributed by atoms with Gasteiger partial charge in [0, 0.05) is 38.4 Å². The summed E-state index contributed by atoms with van der Waals surface area (Å²) in [7, 11) is 0. The molecular formula is C35H46N4O2. The van der Waals surface area contributed by atoms with Crippen LogP contribution in [0.15, 0.2) is 54.6 Å². The summed E-state index contributed by atoms with van der Waals surface area (Å²) in [5.41, 5.74) is 17.8. The van der Waals surface area contributed by atoms with E-state index in [0.717, 1.165) is 52.2 Å². The number of nitrogens with zero attached hydrogens (tertiary/aromatic N) is 2. The highest BCUT2D eigenvalue weighted by molar-refractivity contribution is 5.83. The third kappa shape index (κ3) is 6.83. The van der Waals surface area contributed by atoms with Crippen LogP contribution in [-0.2, 0) is 28.9 Å². The van der Waals surface area contributed by atoms with E-state index in [2.05, 4.69) is 92.5 Å². The number of likely N-dealkylation sites (N-methyl/N-ethyl adjacent to an activating group) is 1. The second kappa shape index (κ2) is 13.2. The van der Waals surface area contributed by atoms with Crippen LogP contribution < -0.4 is 11.1 Å². The Kier molecular flexibility index (Phi) is 9.43. The zero-order valence-corrected chi connectivity index (χ0v) is 25.2. The van der Waals surface area contributed by atoms with Gasteiger partial charge < -0.3 is 20.7 Å². The molecule has 1 fully saturated rings. The molecule has 0 aromatic heterocycles. The van der Waals surface area contributed by atoms with Gasteiger partial charge in [-0.1, -0.05) is 60.2 Å². The molecule has 6 nitrogen and oxygen atoms in total. The minimum atomic E-state index is -0.575. The van der Waals surface area contributed by atoms with E-state index in [-0.39, 0.29) is 11.9 Å². The highest BCUT2D eigenvalue weighted by Gasteiger charge is 2.33. The molecular weight excluding hydrogens is 508 g/mol. The molecule has 0 saturated carbocycles. The molecule has 2 aliphatic rings. The Labute approximate surface area is 245 Å². The first-order valence-corrected chi connectivity index (χ1v) is 15.2. The number of amides is 1. The topological polar surface area (TPSA) is 70.8 Å². The van der Waals surface area contributed by atoms with E-state index in [1.165, 1.54) is 50.2 Å². The minimum absolute atomic E-state index is 0.00539. The molecule has 3 aromatic rings. The SMILES string of the molecule is CCN(C(=O)C(N)Cc1c(C)cc(C)cc1C)C1CCNc2c(CN3CCOCC3)cc(Cc3ccccc3)cc21. The Morgan fingerprint density at radius 3 is 2.44 bits per heavy atom. The molecule has 5 rings (SSSR count). The first-order valence-electron chi connectivity index (χ1n) is 15.2. The van der Waals surface area contributed by atoms with Gasteiger partial charge in [0.1, 0.15) is 0 Å². The Morgan fingerprint density at radius 2 is 1.76 bits per heavy atom. The Morgan fingerprint density at radius 1 is 1.05 bits per heavy atom. The molecule has 2 aliphatic heterocycles. The molecule has 0 radical (unpaired) electrons. The van der Waals surface area contributed by atoms with Crippen molar-refractivity contribution in [3.8, 4) is 0 Å². The van der Waals surface area contributed by atoms with Crippen molar-refractivity contribution < 1.29 is 9.53 Å². The minimum Gasteiger partial charge on any atom is -0.384 e. The van der Waals surface area contributed by atoms with Crippen molar-refractivity contribution in [1.82, 2.24) is 9.80 Å². The third-order valence-electron chi connectivity index (χ3n) is 8.72. The van der Waals surface area contributed by atoms with Crippen molar-refractivity contribution in [1.29, 1.82) is 0 Å². The molecule has 2 atom stereocenters. The van der Waals surface area contributed by atoms with Crippen molar-refractivity contribution >= 4 is 11.6 Å². The Bertz CT molecular complexity index is 1330. The van der Waals surface area contributed by atoms with Crippen LogP contribution in [0.25, 0.3) is 0 Å². The van der Waals surface area contributed by atoms with E-state index < -0.39 is 6.04 Å². The molecule has 2 unspecified atom stereocenters. The summed E-state index contributed by atoms with van der Waals surface area (Å²) < 4.78 is 5.61. The molecule has 0 bridgehead atoms. The number of benzene rings is 3. The molecule has 6 heteroatoms. The van der Waals surface area contributed by atoms with Gasteiger partial charge in [-0.25, -0.2) is 0 Å². The maximum absolute atomic E-state index is 14.0. The fourth-order valence-corrected chi connectivity index (χ4v) is 6.73. The van der Waals surface area contributed by atoms with Crippen LogP contribution in [0.2, 0.25) is 0 Å². The smallest absolute Gasteiger partial charge is 0.240 e. The van der Waals surface area contributed by atoms with Crippen molar-refractivity contribution in [2.75, 3.05) is 44.7 Å². The fraction of sp³-hybridized carbons (Fsp3) is 0.457.